The van der Waals surface area contributed by atoms with Gasteiger partial charge in [-0.2, -0.15) is 0 Å². The van der Waals surface area contributed by atoms with Gasteiger partial charge in [-0.3, -0.25) is 14.5 Å². The predicted octanol–water partition coefficient (Wildman–Crippen LogP) is 2.74. The molecule has 0 bridgehead atoms. The fourth-order valence-electron chi connectivity index (χ4n) is 4.19. The van der Waals surface area contributed by atoms with Crippen molar-refractivity contribution in [3.63, 3.8) is 0 Å². The lowest BCUT2D eigenvalue weighted by Crippen LogP contribution is -2.38. The highest BCUT2D eigenvalue weighted by Gasteiger charge is 2.31. The van der Waals surface area contributed by atoms with Gasteiger partial charge in [0.1, 0.15) is 13.3 Å². The molecule has 158 valence electrons. The van der Waals surface area contributed by atoms with Gasteiger partial charge in [-0.1, -0.05) is 24.3 Å². The summed E-state index contributed by atoms with van der Waals surface area (Å²) in [5.41, 5.74) is 10.5. The number of amides is 2. The Morgan fingerprint density at radius 3 is 2.74 bits per heavy atom. The quantitative estimate of drug-likeness (QED) is 0.828. The Labute approximate surface area is 180 Å². The molecule has 3 aliphatic rings. The molecule has 3 heterocycles. The summed E-state index contributed by atoms with van der Waals surface area (Å²) in [6, 6.07) is 13.2. The van der Waals surface area contributed by atoms with Crippen molar-refractivity contribution < 1.29 is 19.1 Å². The van der Waals surface area contributed by atoms with Gasteiger partial charge >= 0.3 is 0 Å². The van der Waals surface area contributed by atoms with E-state index in [1.807, 2.05) is 36.4 Å². The summed E-state index contributed by atoms with van der Waals surface area (Å²) >= 11 is 0. The number of aliphatic imine (C=N–C) groups is 1. The van der Waals surface area contributed by atoms with E-state index in [0.29, 0.717) is 24.5 Å². The number of primary amides is 1. The third-order valence-corrected chi connectivity index (χ3v) is 5.89. The largest absolute Gasteiger partial charge is 0.475 e. The number of carbonyl (C=O) groups is 2. The molecule has 2 aromatic rings. The molecule has 2 amide bonds. The SMILES string of the molecule is NC(=O)c1ccc(-c2ccc3c(c2)CC(=O)N2CN=C(OCC4CCCO4)C=C32)cc1. The maximum atomic E-state index is 12.7. The van der Waals surface area contributed by atoms with Gasteiger partial charge in [0, 0.05) is 23.8 Å². The Kier molecular flexibility index (Phi) is 5.03. The summed E-state index contributed by atoms with van der Waals surface area (Å²) in [5.74, 6) is 0.0986. The van der Waals surface area contributed by atoms with Crippen LogP contribution in [0.4, 0.5) is 0 Å². The standard InChI is InChI=1S/C24H23N3O4/c25-24(29)16-5-3-15(4-6-16)17-7-8-20-18(10-17)11-23(28)27-14-26-22(12-21(20)27)31-13-19-2-1-9-30-19/h3-8,10,12,19H,1-2,9,11,13-14H2,(H2,25,29). The third-order valence-electron chi connectivity index (χ3n) is 5.89. The van der Waals surface area contributed by atoms with Gasteiger partial charge in [-0.25, -0.2) is 4.99 Å². The zero-order valence-corrected chi connectivity index (χ0v) is 17.0. The van der Waals surface area contributed by atoms with E-state index in [1.165, 1.54) is 0 Å². The summed E-state index contributed by atoms with van der Waals surface area (Å²) in [4.78, 5) is 30.2. The number of nitrogens with zero attached hydrogens (tertiary/aromatic N) is 2. The first-order valence-electron chi connectivity index (χ1n) is 10.4. The van der Waals surface area contributed by atoms with Crippen molar-refractivity contribution in [2.24, 2.45) is 10.7 Å². The Hall–Kier alpha value is -3.45. The molecule has 1 fully saturated rings. The van der Waals surface area contributed by atoms with Crippen LogP contribution in [-0.2, 0) is 20.7 Å². The molecule has 0 aromatic heterocycles. The molecule has 0 aliphatic carbocycles. The minimum Gasteiger partial charge on any atom is -0.475 e. The molecular weight excluding hydrogens is 394 g/mol. The molecule has 7 heteroatoms. The van der Waals surface area contributed by atoms with Crippen LogP contribution in [-0.4, -0.2) is 48.6 Å². The van der Waals surface area contributed by atoms with Gasteiger partial charge in [0.25, 0.3) is 0 Å². The van der Waals surface area contributed by atoms with Crippen LogP contribution in [0.1, 0.15) is 34.3 Å². The van der Waals surface area contributed by atoms with Crippen molar-refractivity contribution in [1.29, 1.82) is 0 Å². The Balaban J connectivity index is 1.41. The van der Waals surface area contributed by atoms with Crippen LogP contribution in [0.2, 0.25) is 0 Å². The zero-order valence-electron chi connectivity index (χ0n) is 17.0. The second kappa shape index (κ2) is 8.00. The molecular formula is C24H23N3O4. The molecule has 5 rings (SSSR count). The molecule has 0 saturated carbocycles. The van der Waals surface area contributed by atoms with E-state index in [2.05, 4.69) is 4.99 Å². The molecule has 1 unspecified atom stereocenters. The molecule has 0 radical (unpaired) electrons. The van der Waals surface area contributed by atoms with Gasteiger partial charge in [-0.15, -0.1) is 0 Å². The number of hydrogen-bond acceptors (Lipinski definition) is 5. The van der Waals surface area contributed by atoms with Crippen molar-refractivity contribution in [2.45, 2.75) is 25.4 Å². The van der Waals surface area contributed by atoms with E-state index < -0.39 is 5.91 Å². The minimum absolute atomic E-state index is 0.0157. The first-order chi connectivity index (χ1) is 15.1. The van der Waals surface area contributed by atoms with Crippen LogP contribution in [0.15, 0.2) is 53.5 Å². The molecule has 31 heavy (non-hydrogen) atoms. The lowest BCUT2D eigenvalue weighted by Gasteiger charge is -2.33. The molecule has 2 aromatic carbocycles. The van der Waals surface area contributed by atoms with E-state index in [9.17, 15) is 9.59 Å². The normalized spacial score (nSPS) is 19.9. The number of nitrogens with two attached hydrogens (primary N) is 1. The summed E-state index contributed by atoms with van der Waals surface area (Å²) in [6.07, 6.45) is 4.34. The van der Waals surface area contributed by atoms with Crippen LogP contribution in [0.25, 0.3) is 16.8 Å². The number of ether oxygens (including phenoxy) is 2. The number of rotatable bonds is 4. The number of fused-ring (bicyclic) bond motifs is 3. The van der Waals surface area contributed by atoms with Crippen LogP contribution in [0.5, 0.6) is 0 Å². The van der Waals surface area contributed by atoms with Crippen LogP contribution in [0.3, 0.4) is 0 Å². The van der Waals surface area contributed by atoms with Gasteiger partial charge < -0.3 is 15.2 Å². The highest BCUT2D eigenvalue weighted by Crippen LogP contribution is 2.34. The van der Waals surface area contributed by atoms with Crippen LogP contribution < -0.4 is 5.73 Å². The minimum atomic E-state index is -0.453. The zero-order chi connectivity index (χ0) is 21.4. The molecule has 2 N–H and O–H groups in total. The van der Waals surface area contributed by atoms with Crippen molar-refractivity contribution in [3.8, 4) is 11.1 Å². The highest BCUT2D eigenvalue weighted by atomic mass is 16.5. The van der Waals surface area contributed by atoms with Crippen LogP contribution in [0, 0.1) is 0 Å². The van der Waals surface area contributed by atoms with Crippen molar-refractivity contribution >= 4 is 23.4 Å². The topological polar surface area (TPSA) is 94.2 Å². The Bertz CT molecular complexity index is 1100. The van der Waals surface area contributed by atoms with Gasteiger partial charge in [0.2, 0.25) is 17.7 Å². The molecule has 1 atom stereocenters. The van der Waals surface area contributed by atoms with Gasteiger partial charge in [-0.05, 0) is 47.7 Å². The second-order valence-electron chi connectivity index (χ2n) is 7.93. The molecule has 1 saturated heterocycles. The van der Waals surface area contributed by atoms with Crippen LogP contribution >= 0.6 is 0 Å². The van der Waals surface area contributed by atoms with Gasteiger partial charge in [0.15, 0.2) is 0 Å². The average Bonchev–Trinajstić information content (AvgIpc) is 3.31. The number of hydrogen-bond donors (Lipinski definition) is 1. The Morgan fingerprint density at radius 1 is 1.19 bits per heavy atom. The molecule has 7 nitrogen and oxygen atoms in total. The smallest absolute Gasteiger partial charge is 0.248 e. The maximum absolute atomic E-state index is 12.7. The summed E-state index contributed by atoms with van der Waals surface area (Å²) in [6.45, 7) is 1.52. The van der Waals surface area contributed by atoms with Crippen molar-refractivity contribution in [1.82, 2.24) is 4.90 Å². The molecule has 3 aliphatic heterocycles. The average molecular weight is 417 g/mol. The van der Waals surface area contributed by atoms with E-state index in [0.717, 1.165) is 47.4 Å². The number of carbonyl (C=O) groups excluding carboxylic acids is 2. The monoisotopic (exact) mass is 417 g/mol. The lowest BCUT2D eigenvalue weighted by molar-refractivity contribution is -0.127. The number of benzene rings is 2. The summed E-state index contributed by atoms with van der Waals surface area (Å²) in [7, 11) is 0. The third kappa shape index (κ3) is 3.84. The van der Waals surface area contributed by atoms with Crippen molar-refractivity contribution in [2.75, 3.05) is 19.9 Å². The first kappa shape index (κ1) is 19.5. The van der Waals surface area contributed by atoms with E-state index in [-0.39, 0.29) is 18.7 Å². The van der Waals surface area contributed by atoms with Gasteiger partial charge in [0.05, 0.1) is 18.2 Å². The summed E-state index contributed by atoms with van der Waals surface area (Å²) in [5, 5.41) is 0. The summed E-state index contributed by atoms with van der Waals surface area (Å²) < 4.78 is 11.5. The Morgan fingerprint density at radius 2 is 2.00 bits per heavy atom. The fourth-order valence-corrected chi connectivity index (χ4v) is 4.19. The fraction of sp³-hybridized carbons (Fsp3) is 0.292. The second-order valence-corrected chi connectivity index (χ2v) is 7.93. The van der Waals surface area contributed by atoms with E-state index >= 15 is 0 Å². The lowest BCUT2D eigenvalue weighted by atomic mass is 9.91. The molecule has 0 spiro atoms. The highest BCUT2D eigenvalue weighted by molar-refractivity contribution is 6.03. The first-order valence-corrected chi connectivity index (χ1v) is 10.4. The maximum Gasteiger partial charge on any atom is 0.248 e. The van der Waals surface area contributed by atoms with Crippen molar-refractivity contribution in [3.05, 3.63) is 65.2 Å². The predicted molar refractivity (Wildman–Crippen MR) is 116 cm³/mol. The van der Waals surface area contributed by atoms with E-state index in [4.69, 9.17) is 15.2 Å². The van der Waals surface area contributed by atoms with E-state index in [1.54, 1.807) is 17.0 Å².